The smallest absolute Gasteiger partial charge is 0.234 e. The molecule has 134 valence electrons. The average molecular weight is 338 g/mol. The molecule has 1 fully saturated rings. The maximum Gasteiger partial charge on any atom is 0.234 e. The van der Waals surface area contributed by atoms with Crippen molar-refractivity contribution >= 4 is 11.8 Å². The molecule has 0 unspecified atom stereocenters. The van der Waals surface area contributed by atoms with Crippen LogP contribution in [0.4, 0.5) is 0 Å². The Morgan fingerprint density at radius 3 is 2.29 bits per heavy atom. The monoisotopic (exact) mass is 338 g/mol. The van der Waals surface area contributed by atoms with Crippen molar-refractivity contribution in [2.24, 2.45) is 0 Å². The molecule has 0 atom stereocenters. The van der Waals surface area contributed by atoms with Crippen LogP contribution >= 0.6 is 0 Å². The van der Waals surface area contributed by atoms with E-state index in [4.69, 9.17) is 9.15 Å². The van der Waals surface area contributed by atoms with E-state index in [1.807, 2.05) is 6.07 Å². The molecule has 0 saturated carbocycles. The number of methoxy groups -OCH3 is 1. The Hall–Kier alpha value is -1.90. The minimum absolute atomic E-state index is 0.0108. The van der Waals surface area contributed by atoms with Crippen LogP contribution < -0.4 is 10.6 Å². The molecule has 2 N–H and O–H groups in total. The zero-order valence-electron chi connectivity index (χ0n) is 14.1. The van der Waals surface area contributed by atoms with Crippen LogP contribution in [-0.2, 0) is 20.9 Å². The van der Waals surface area contributed by atoms with Gasteiger partial charge in [-0.1, -0.05) is 0 Å². The Balaban J connectivity index is 1.58. The van der Waals surface area contributed by atoms with Crippen molar-refractivity contribution in [3.8, 4) is 0 Å². The summed E-state index contributed by atoms with van der Waals surface area (Å²) in [6, 6.07) is 3.63. The van der Waals surface area contributed by atoms with E-state index in [1.54, 1.807) is 19.4 Å². The van der Waals surface area contributed by atoms with Gasteiger partial charge in [0.25, 0.3) is 0 Å². The normalized spacial score (nSPS) is 16.0. The zero-order valence-corrected chi connectivity index (χ0v) is 14.1. The van der Waals surface area contributed by atoms with Crippen molar-refractivity contribution in [2.75, 3.05) is 59.5 Å². The van der Waals surface area contributed by atoms with E-state index >= 15 is 0 Å². The van der Waals surface area contributed by atoms with Crippen molar-refractivity contribution in [3.05, 3.63) is 24.2 Å². The summed E-state index contributed by atoms with van der Waals surface area (Å²) in [5, 5.41) is 5.65. The first-order valence-corrected chi connectivity index (χ1v) is 8.17. The Bertz CT molecular complexity index is 498. The van der Waals surface area contributed by atoms with Gasteiger partial charge in [0.05, 0.1) is 32.5 Å². The Kier molecular flexibility index (Phi) is 7.73. The van der Waals surface area contributed by atoms with E-state index in [0.717, 1.165) is 31.9 Å². The van der Waals surface area contributed by atoms with Crippen LogP contribution in [0.1, 0.15) is 5.76 Å². The molecule has 0 aromatic carbocycles. The second-order valence-electron chi connectivity index (χ2n) is 5.75. The predicted molar refractivity (Wildman–Crippen MR) is 88.3 cm³/mol. The van der Waals surface area contributed by atoms with E-state index in [9.17, 15) is 9.59 Å². The lowest BCUT2D eigenvalue weighted by atomic mass is 10.3. The highest BCUT2D eigenvalue weighted by Gasteiger charge is 2.20. The number of furan rings is 1. The van der Waals surface area contributed by atoms with Crippen molar-refractivity contribution < 1.29 is 18.7 Å². The highest BCUT2D eigenvalue weighted by molar-refractivity contribution is 5.78. The number of nitrogens with one attached hydrogen (secondary N) is 2. The van der Waals surface area contributed by atoms with E-state index in [2.05, 4.69) is 20.4 Å². The van der Waals surface area contributed by atoms with Crippen molar-refractivity contribution in [1.29, 1.82) is 0 Å². The number of piperazine rings is 1. The molecule has 24 heavy (non-hydrogen) atoms. The molecular formula is C16H26N4O4. The largest absolute Gasteiger partial charge is 0.467 e. The SMILES string of the molecule is COCCNC(=O)CN1CCN(CC(=O)NCc2ccco2)CC1. The lowest BCUT2D eigenvalue weighted by Gasteiger charge is -2.33. The van der Waals surface area contributed by atoms with Gasteiger partial charge in [0.1, 0.15) is 5.76 Å². The molecule has 8 heteroatoms. The van der Waals surface area contributed by atoms with Crippen LogP contribution in [0.25, 0.3) is 0 Å². The summed E-state index contributed by atoms with van der Waals surface area (Å²) in [7, 11) is 1.61. The third-order valence-corrected chi connectivity index (χ3v) is 3.87. The van der Waals surface area contributed by atoms with Crippen molar-refractivity contribution in [3.63, 3.8) is 0 Å². The lowest BCUT2D eigenvalue weighted by Crippen LogP contribution is -2.51. The van der Waals surface area contributed by atoms with Gasteiger partial charge in [0, 0.05) is 39.8 Å². The van der Waals surface area contributed by atoms with Crippen LogP contribution in [-0.4, -0.2) is 81.1 Å². The first-order valence-electron chi connectivity index (χ1n) is 8.17. The number of ether oxygens (including phenoxy) is 1. The third kappa shape index (κ3) is 6.69. The van der Waals surface area contributed by atoms with Gasteiger partial charge in [-0.25, -0.2) is 0 Å². The minimum atomic E-state index is -0.0165. The molecule has 1 aromatic heterocycles. The molecule has 1 aliphatic rings. The summed E-state index contributed by atoms with van der Waals surface area (Å²) in [6.45, 7) is 5.34. The molecule has 0 bridgehead atoms. The zero-order chi connectivity index (χ0) is 17.2. The predicted octanol–water partition coefficient (Wildman–Crippen LogP) is -0.724. The molecule has 2 rings (SSSR count). The number of nitrogens with zero attached hydrogens (tertiary/aromatic N) is 2. The summed E-state index contributed by atoms with van der Waals surface area (Å²) in [6.07, 6.45) is 1.59. The van der Waals surface area contributed by atoms with Gasteiger partial charge in [0.15, 0.2) is 0 Å². The fourth-order valence-corrected chi connectivity index (χ4v) is 2.51. The number of hydrogen-bond donors (Lipinski definition) is 2. The summed E-state index contributed by atoms with van der Waals surface area (Å²) in [5.41, 5.74) is 0. The maximum atomic E-state index is 11.9. The van der Waals surface area contributed by atoms with E-state index < -0.39 is 0 Å². The Morgan fingerprint density at radius 1 is 1.12 bits per heavy atom. The van der Waals surface area contributed by atoms with Crippen LogP contribution in [0.2, 0.25) is 0 Å². The van der Waals surface area contributed by atoms with Crippen molar-refractivity contribution in [2.45, 2.75) is 6.54 Å². The summed E-state index contributed by atoms with van der Waals surface area (Å²) in [5.74, 6) is 0.738. The molecule has 2 heterocycles. The Labute approximate surface area is 142 Å². The summed E-state index contributed by atoms with van der Waals surface area (Å²) >= 11 is 0. The molecule has 8 nitrogen and oxygen atoms in total. The lowest BCUT2D eigenvalue weighted by molar-refractivity contribution is -0.125. The number of hydrogen-bond acceptors (Lipinski definition) is 6. The summed E-state index contributed by atoms with van der Waals surface area (Å²) in [4.78, 5) is 27.9. The fourth-order valence-electron chi connectivity index (χ4n) is 2.51. The van der Waals surface area contributed by atoms with Gasteiger partial charge >= 0.3 is 0 Å². The first-order chi connectivity index (χ1) is 11.7. The van der Waals surface area contributed by atoms with Gasteiger partial charge in [-0.05, 0) is 12.1 Å². The first kappa shape index (κ1) is 18.4. The highest BCUT2D eigenvalue weighted by atomic mass is 16.5. The van der Waals surface area contributed by atoms with Crippen molar-refractivity contribution in [1.82, 2.24) is 20.4 Å². The topological polar surface area (TPSA) is 87.0 Å². The van der Waals surface area contributed by atoms with Gasteiger partial charge in [-0.15, -0.1) is 0 Å². The van der Waals surface area contributed by atoms with Gasteiger partial charge < -0.3 is 19.8 Å². The standard InChI is InChI=1S/C16H26N4O4/c1-23-10-4-17-15(21)12-19-5-7-20(8-6-19)13-16(22)18-11-14-3-2-9-24-14/h2-3,9H,4-8,10-13H2,1H3,(H,17,21)(H,18,22). The maximum absolute atomic E-state index is 11.9. The molecule has 2 amide bonds. The molecular weight excluding hydrogens is 312 g/mol. The number of rotatable bonds is 9. The van der Waals surface area contributed by atoms with Gasteiger partial charge in [-0.2, -0.15) is 0 Å². The van der Waals surface area contributed by atoms with Gasteiger partial charge in [-0.3, -0.25) is 19.4 Å². The summed E-state index contributed by atoms with van der Waals surface area (Å²) < 4.78 is 10.1. The Morgan fingerprint density at radius 2 is 1.75 bits per heavy atom. The number of carbonyl (C=O) groups is 2. The highest BCUT2D eigenvalue weighted by Crippen LogP contribution is 2.02. The second kappa shape index (κ2) is 10.1. The van der Waals surface area contributed by atoms with E-state index in [-0.39, 0.29) is 11.8 Å². The molecule has 0 aliphatic carbocycles. The van der Waals surface area contributed by atoms with Crippen LogP contribution in [0, 0.1) is 0 Å². The van der Waals surface area contributed by atoms with Crippen LogP contribution in [0.3, 0.4) is 0 Å². The molecule has 1 saturated heterocycles. The third-order valence-electron chi connectivity index (χ3n) is 3.87. The van der Waals surface area contributed by atoms with Gasteiger partial charge in [0.2, 0.25) is 11.8 Å². The quantitative estimate of drug-likeness (QED) is 0.578. The minimum Gasteiger partial charge on any atom is -0.467 e. The molecule has 1 aromatic rings. The fraction of sp³-hybridized carbons (Fsp3) is 0.625. The average Bonchev–Trinajstić information content (AvgIpc) is 3.08. The van der Waals surface area contributed by atoms with E-state index in [0.29, 0.717) is 32.8 Å². The molecule has 1 aliphatic heterocycles. The van der Waals surface area contributed by atoms with Crippen LogP contribution in [0.15, 0.2) is 22.8 Å². The number of amides is 2. The number of carbonyl (C=O) groups excluding carboxylic acids is 2. The van der Waals surface area contributed by atoms with E-state index in [1.165, 1.54) is 0 Å². The molecule has 0 spiro atoms. The second-order valence-corrected chi connectivity index (χ2v) is 5.75. The molecule has 0 radical (unpaired) electrons. The van der Waals surface area contributed by atoms with Crippen LogP contribution in [0.5, 0.6) is 0 Å².